The van der Waals surface area contributed by atoms with Gasteiger partial charge in [-0.25, -0.2) is 4.39 Å². The number of halogens is 3. The van der Waals surface area contributed by atoms with Crippen LogP contribution in [0.15, 0.2) is 52.5 Å². The van der Waals surface area contributed by atoms with Crippen molar-refractivity contribution in [3.05, 3.63) is 68.9 Å². The van der Waals surface area contributed by atoms with Gasteiger partial charge in [-0.2, -0.15) is 5.26 Å². The summed E-state index contributed by atoms with van der Waals surface area (Å²) < 4.78 is 14.6. The molecule has 0 aliphatic rings. The van der Waals surface area contributed by atoms with Crippen LogP contribution < -0.4 is 5.32 Å². The van der Waals surface area contributed by atoms with Crippen LogP contribution in [0.1, 0.15) is 5.56 Å². The van der Waals surface area contributed by atoms with E-state index in [9.17, 15) is 9.18 Å². The van der Waals surface area contributed by atoms with Crippen molar-refractivity contribution in [3.8, 4) is 6.07 Å². The lowest BCUT2D eigenvalue weighted by Crippen LogP contribution is -2.13. The van der Waals surface area contributed by atoms with Crippen molar-refractivity contribution >= 4 is 45.2 Å². The van der Waals surface area contributed by atoms with Gasteiger partial charge in [0, 0.05) is 15.7 Å². The van der Waals surface area contributed by atoms with Gasteiger partial charge >= 0.3 is 0 Å². The maximum absolute atomic E-state index is 13.7. The first-order chi connectivity index (χ1) is 10.5. The largest absolute Gasteiger partial charge is 0.321 e. The number of carbonyl (C=O) groups is 1. The molecule has 0 saturated heterocycles. The summed E-state index contributed by atoms with van der Waals surface area (Å²) in [6, 6.07) is 12.7. The molecule has 22 heavy (non-hydrogen) atoms. The summed E-state index contributed by atoms with van der Waals surface area (Å²) in [6.07, 6.45) is 1.13. The van der Waals surface area contributed by atoms with Gasteiger partial charge in [0.25, 0.3) is 5.91 Å². The Morgan fingerprint density at radius 1 is 1.27 bits per heavy atom. The third-order valence-electron chi connectivity index (χ3n) is 2.76. The normalized spacial score (nSPS) is 10.9. The summed E-state index contributed by atoms with van der Waals surface area (Å²) in [4.78, 5) is 12.1. The van der Waals surface area contributed by atoms with Gasteiger partial charge in [0.1, 0.15) is 17.5 Å². The molecule has 0 aliphatic heterocycles. The highest BCUT2D eigenvalue weighted by Crippen LogP contribution is 2.22. The molecule has 1 N–H and O–H groups in total. The molecule has 0 radical (unpaired) electrons. The SMILES string of the molecule is N#C/C(=C/c1c(F)cccc1Cl)C(=O)Nc1ccc(Br)cc1. The van der Waals surface area contributed by atoms with Crippen molar-refractivity contribution < 1.29 is 9.18 Å². The van der Waals surface area contributed by atoms with Gasteiger partial charge in [0.05, 0.1) is 5.02 Å². The van der Waals surface area contributed by atoms with E-state index >= 15 is 0 Å². The van der Waals surface area contributed by atoms with E-state index < -0.39 is 11.7 Å². The highest BCUT2D eigenvalue weighted by atomic mass is 79.9. The molecule has 2 aromatic rings. The van der Waals surface area contributed by atoms with Crippen LogP contribution in [-0.2, 0) is 4.79 Å². The van der Waals surface area contributed by atoms with E-state index in [1.165, 1.54) is 18.2 Å². The summed E-state index contributed by atoms with van der Waals surface area (Å²) in [5.41, 5.74) is 0.288. The predicted octanol–water partition coefficient (Wildman–Crippen LogP) is 4.79. The zero-order chi connectivity index (χ0) is 16.1. The fourth-order valence-electron chi connectivity index (χ4n) is 1.67. The summed E-state index contributed by atoms with van der Waals surface area (Å²) in [5, 5.41) is 11.8. The molecule has 0 unspecified atom stereocenters. The maximum Gasteiger partial charge on any atom is 0.266 e. The third kappa shape index (κ3) is 3.94. The molecular weight excluding hydrogens is 371 g/mol. The van der Waals surface area contributed by atoms with Gasteiger partial charge in [-0.1, -0.05) is 33.6 Å². The van der Waals surface area contributed by atoms with Crippen molar-refractivity contribution in [3.63, 3.8) is 0 Å². The molecule has 110 valence electrons. The first-order valence-electron chi connectivity index (χ1n) is 6.14. The van der Waals surface area contributed by atoms with Crippen molar-refractivity contribution in [1.82, 2.24) is 0 Å². The van der Waals surface area contributed by atoms with E-state index in [1.807, 2.05) is 0 Å². The number of anilines is 1. The standard InChI is InChI=1S/C16H9BrClFN2O/c17-11-4-6-12(7-5-11)21-16(22)10(9-20)8-13-14(18)2-1-3-15(13)19/h1-8H,(H,21,22)/b10-8-. The van der Waals surface area contributed by atoms with Gasteiger partial charge in [0.15, 0.2) is 0 Å². The zero-order valence-electron chi connectivity index (χ0n) is 11.1. The van der Waals surface area contributed by atoms with Crippen molar-refractivity contribution in [1.29, 1.82) is 5.26 Å². The van der Waals surface area contributed by atoms with Crippen LogP contribution in [0.25, 0.3) is 6.08 Å². The lowest BCUT2D eigenvalue weighted by Gasteiger charge is -2.05. The minimum Gasteiger partial charge on any atom is -0.321 e. The molecule has 3 nitrogen and oxygen atoms in total. The van der Waals surface area contributed by atoms with Crippen LogP contribution in [0.5, 0.6) is 0 Å². The molecule has 0 atom stereocenters. The Balaban J connectivity index is 2.28. The molecule has 2 rings (SSSR count). The van der Waals surface area contributed by atoms with Gasteiger partial charge in [-0.05, 0) is 42.5 Å². The molecule has 0 heterocycles. The molecule has 0 aromatic heterocycles. The number of nitrogens with one attached hydrogen (secondary N) is 1. The number of rotatable bonds is 3. The first kappa shape index (κ1) is 16.2. The smallest absolute Gasteiger partial charge is 0.266 e. The molecule has 0 aliphatic carbocycles. The molecule has 1 amide bonds. The Hall–Kier alpha value is -2.16. The predicted molar refractivity (Wildman–Crippen MR) is 87.8 cm³/mol. The topological polar surface area (TPSA) is 52.9 Å². The number of hydrogen-bond donors (Lipinski definition) is 1. The minimum atomic E-state index is -0.635. The lowest BCUT2D eigenvalue weighted by molar-refractivity contribution is -0.112. The Kier molecular flexibility index (Phi) is 5.31. The maximum atomic E-state index is 13.7. The number of carbonyl (C=O) groups excluding carboxylic acids is 1. The van der Waals surface area contributed by atoms with Gasteiger partial charge < -0.3 is 5.32 Å². The molecule has 0 spiro atoms. The molecule has 0 saturated carbocycles. The number of benzene rings is 2. The monoisotopic (exact) mass is 378 g/mol. The van der Waals surface area contributed by atoms with E-state index in [0.717, 1.165) is 10.5 Å². The average Bonchev–Trinajstić information content (AvgIpc) is 2.49. The zero-order valence-corrected chi connectivity index (χ0v) is 13.5. The van der Waals surface area contributed by atoms with E-state index in [2.05, 4.69) is 21.2 Å². The van der Waals surface area contributed by atoms with E-state index in [0.29, 0.717) is 5.69 Å². The van der Waals surface area contributed by atoms with Crippen LogP contribution in [0, 0.1) is 17.1 Å². The third-order valence-corrected chi connectivity index (χ3v) is 3.61. The van der Waals surface area contributed by atoms with E-state index in [4.69, 9.17) is 16.9 Å². The van der Waals surface area contributed by atoms with Crippen LogP contribution >= 0.6 is 27.5 Å². The lowest BCUT2D eigenvalue weighted by atomic mass is 10.1. The Labute approximate surface area is 140 Å². The van der Waals surface area contributed by atoms with E-state index in [1.54, 1.807) is 30.3 Å². The van der Waals surface area contributed by atoms with E-state index in [-0.39, 0.29) is 16.2 Å². The van der Waals surface area contributed by atoms with Crippen LogP contribution in [0.3, 0.4) is 0 Å². The number of nitrogens with zero attached hydrogens (tertiary/aromatic N) is 1. The van der Waals surface area contributed by atoms with Crippen molar-refractivity contribution in [2.24, 2.45) is 0 Å². The second-order valence-corrected chi connectivity index (χ2v) is 5.59. The van der Waals surface area contributed by atoms with Gasteiger partial charge in [0.2, 0.25) is 0 Å². The average molecular weight is 380 g/mol. The van der Waals surface area contributed by atoms with Crippen LogP contribution in [0.2, 0.25) is 5.02 Å². The summed E-state index contributed by atoms with van der Waals surface area (Å²) in [6.45, 7) is 0. The second-order valence-electron chi connectivity index (χ2n) is 4.27. The summed E-state index contributed by atoms with van der Waals surface area (Å²) in [7, 11) is 0. The molecular formula is C16H9BrClFN2O. The fraction of sp³-hybridized carbons (Fsp3) is 0. The highest BCUT2D eigenvalue weighted by molar-refractivity contribution is 9.10. The van der Waals surface area contributed by atoms with Gasteiger partial charge in [-0.3, -0.25) is 4.79 Å². The number of hydrogen-bond acceptors (Lipinski definition) is 2. The molecule has 6 heteroatoms. The van der Waals surface area contributed by atoms with Crippen molar-refractivity contribution in [2.75, 3.05) is 5.32 Å². The summed E-state index contributed by atoms with van der Waals surface area (Å²) >= 11 is 9.16. The Bertz CT molecular complexity index is 761. The molecule has 2 aromatic carbocycles. The van der Waals surface area contributed by atoms with Crippen LogP contribution in [-0.4, -0.2) is 5.91 Å². The minimum absolute atomic E-state index is 0.00618. The number of nitriles is 1. The second kappa shape index (κ2) is 7.21. The number of amides is 1. The highest BCUT2D eigenvalue weighted by Gasteiger charge is 2.12. The Morgan fingerprint density at radius 2 is 1.95 bits per heavy atom. The first-order valence-corrected chi connectivity index (χ1v) is 7.31. The van der Waals surface area contributed by atoms with Crippen LogP contribution in [0.4, 0.5) is 10.1 Å². The van der Waals surface area contributed by atoms with Gasteiger partial charge in [-0.15, -0.1) is 0 Å². The quantitative estimate of drug-likeness (QED) is 0.616. The summed E-state index contributed by atoms with van der Waals surface area (Å²) in [5.74, 6) is -1.24. The Morgan fingerprint density at radius 3 is 2.55 bits per heavy atom. The molecule has 0 bridgehead atoms. The fourth-order valence-corrected chi connectivity index (χ4v) is 2.16. The van der Waals surface area contributed by atoms with Crippen molar-refractivity contribution in [2.45, 2.75) is 0 Å². The molecule has 0 fully saturated rings.